The molecule has 13 heavy (non-hydrogen) atoms. The quantitative estimate of drug-likeness (QED) is 0.632. The third kappa shape index (κ3) is 1.24. The predicted octanol–water partition coefficient (Wildman–Crippen LogP) is 0.598. The lowest BCUT2D eigenvalue weighted by Crippen LogP contribution is -2.23. The Morgan fingerprint density at radius 3 is 2.77 bits per heavy atom. The second kappa shape index (κ2) is 2.86. The first-order chi connectivity index (χ1) is 6.29. The van der Waals surface area contributed by atoms with Gasteiger partial charge in [0.2, 0.25) is 0 Å². The van der Waals surface area contributed by atoms with Crippen LogP contribution in [0, 0.1) is 0 Å². The number of nitrogens with zero attached hydrogens (tertiary/aromatic N) is 1. The second-order valence-electron chi connectivity index (χ2n) is 2.67. The van der Waals surface area contributed by atoms with Gasteiger partial charge in [-0.05, 0) is 11.5 Å². The number of benzene rings is 1. The number of carboxylic acid groups (broad SMARTS) is 1. The van der Waals surface area contributed by atoms with Gasteiger partial charge in [0.05, 0.1) is 11.7 Å². The molecule has 2 rings (SSSR count). The van der Waals surface area contributed by atoms with Gasteiger partial charge in [0, 0.05) is 11.6 Å². The van der Waals surface area contributed by atoms with Crippen molar-refractivity contribution in [3.63, 3.8) is 0 Å². The van der Waals surface area contributed by atoms with Crippen LogP contribution in [0.3, 0.4) is 0 Å². The zero-order valence-corrected chi connectivity index (χ0v) is 6.73. The summed E-state index contributed by atoms with van der Waals surface area (Å²) in [5.41, 5.74) is -0.00176. The molecule has 0 saturated heterocycles. The molecule has 0 unspecified atom stereocenters. The Morgan fingerprint density at radius 2 is 2.00 bits per heavy atom. The zero-order chi connectivity index (χ0) is 9.26. The monoisotopic (exact) mass is 172 g/mol. The van der Waals surface area contributed by atoms with Crippen molar-refractivity contribution in [1.82, 2.24) is 4.98 Å². The Bertz CT molecular complexity index is 460. The minimum atomic E-state index is -1.24. The van der Waals surface area contributed by atoms with E-state index in [0.717, 1.165) is 5.39 Å². The first-order valence-electron chi connectivity index (χ1n) is 3.84. The molecule has 0 aliphatic heterocycles. The molecule has 0 N–H and O–H groups in total. The van der Waals surface area contributed by atoms with Crippen molar-refractivity contribution in [1.29, 1.82) is 0 Å². The van der Waals surface area contributed by atoms with E-state index < -0.39 is 5.97 Å². The SMILES string of the molecule is O=C([O-])c1nccc2ccccc12. The van der Waals surface area contributed by atoms with Crippen molar-refractivity contribution in [3.8, 4) is 0 Å². The molecule has 2 aromatic rings. The first kappa shape index (κ1) is 7.73. The smallest absolute Gasteiger partial charge is 0.0935 e. The molecule has 0 spiro atoms. The summed E-state index contributed by atoms with van der Waals surface area (Å²) in [6.07, 6.45) is 1.47. The lowest BCUT2D eigenvalue weighted by atomic mass is 10.1. The van der Waals surface area contributed by atoms with Crippen LogP contribution >= 0.6 is 0 Å². The number of aromatic nitrogens is 1. The highest BCUT2D eigenvalue weighted by Crippen LogP contribution is 2.15. The molecule has 1 aromatic heterocycles. The molecule has 3 heteroatoms. The summed E-state index contributed by atoms with van der Waals surface area (Å²) >= 11 is 0. The van der Waals surface area contributed by atoms with Crippen LogP contribution in [-0.4, -0.2) is 11.0 Å². The Kier molecular flexibility index (Phi) is 1.70. The van der Waals surface area contributed by atoms with Crippen LogP contribution < -0.4 is 5.11 Å². The van der Waals surface area contributed by atoms with E-state index in [1.807, 2.05) is 12.1 Å². The minimum absolute atomic E-state index is 0.00176. The Balaban J connectivity index is 2.83. The van der Waals surface area contributed by atoms with E-state index in [1.165, 1.54) is 6.20 Å². The normalized spacial score (nSPS) is 10.2. The molecule has 0 bridgehead atoms. The maximum Gasteiger partial charge on any atom is 0.0935 e. The average molecular weight is 172 g/mol. The fourth-order valence-corrected chi connectivity index (χ4v) is 1.28. The standard InChI is InChI=1S/C10H7NO2/c12-10(13)9-8-4-2-1-3-7(8)5-6-11-9/h1-6H,(H,12,13)/p-1. The van der Waals surface area contributed by atoms with Crippen molar-refractivity contribution in [2.24, 2.45) is 0 Å². The van der Waals surface area contributed by atoms with Gasteiger partial charge >= 0.3 is 0 Å². The molecule has 0 amide bonds. The molecular formula is C10H6NO2-. The van der Waals surface area contributed by atoms with Crippen LogP contribution in [0.4, 0.5) is 0 Å². The minimum Gasteiger partial charge on any atom is -0.543 e. The molecule has 0 saturated carbocycles. The average Bonchev–Trinajstić information content (AvgIpc) is 2.17. The summed E-state index contributed by atoms with van der Waals surface area (Å²) in [6.45, 7) is 0. The molecule has 64 valence electrons. The maximum absolute atomic E-state index is 10.6. The van der Waals surface area contributed by atoms with Gasteiger partial charge in [-0.3, -0.25) is 4.98 Å². The van der Waals surface area contributed by atoms with Gasteiger partial charge in [-0.2, -0.15) is 0 Å². The van der Waals surface area contributed by atoms with E-state index in [4.69, 9.17) is 0 Å². The number of hydrogen-bond acceptors (Lipinski definition) is 3. The molecule has 1 aromatic carbocycles. The van der Waals surface area contributed by atoms with E-state index in [1.54, 1.807) is 18.2 Å². The number of fused-ring (bicyclic) bond motifs is 1. The highest BCUT2D eigenvalue weighted by atomic mass is 16.4. The van der Waals surface area contributed by atoms with Gasteiger partial charge in [-0.25, -0.2) is 0 Å². The topological polar surface area (TPSA) is 53.0 Å². The zero-order valence-electron chi connectivity index (χ0n) is 6.73. The summed E-state index contributed by atoms with van der Waals surface area (Å²) in [7, 11) is 0. The number of pyridine rings is 1. The van der Waals surface area contributed by atoms with Gasteiger partial charge in [-0.15, -0.1) is 0 Å². The summed E-state index contributed by atoms with van der Waals surface area (Å²) in [4.78, 5) is 14.4. The van der Waals surface area contributed by atoms with E-state index in [9.17, 15) is 9.90 Å². The third-order valence-corrected chi connectivity index (χ3v) is 1.87. The summed E-state index contributed by atoms with van der Waals surface area (Å²) in [5.74, 6) is -1.24. The summed E-state index contributed by atoms with van der Waals surface area (Å²) in [5, 5.41) is 12.1. The molecule has 1 heterocycles. The van der Waals surface area contributed by atoms with Crippen molar-refractivity contribution >= 4 is 16.7 Å². The van der Waals surface area contributed by atoms with Crippen LogP contribution in [0.2, 0.25) is 0 Å². The Hall–Kier alpha value is -1.90. The highest BCUT2D eigenvalue weighted by molar-refractivity contribution is 6.00. The number of aromatic carboxylic acids is 1. The van der Waals surface area contributed by atoms with Gasteiger partial charge in [0.1, 0.15) is 0 Å². The number of carboxylic acids is 1. The highest BCUT2D eigenvalue weighted by Gasteiger charge is 2.00. The van der Waals surface area contributed by atoms with Gasteiger partial charge < -0.3 is 9.90 Å². The number of carbonyl (C=O) groups is 1. The van der Waals surface area contributed by atoms with Crippen molar-refractivity contribution < 1.29 is 9.90 Å². The van der Waals surface area contributed by atoms with Crippen molar-refractivity contribution in [2.45, 2.75) is 0 Å². The van der Waals surface area contributed by atoms with Crippen molar-refractivity contribution in [2.75, 3.05) is 0 Å². The fraction of sp³-hybridized carbons (Fsp3) is 0. The Morgan fingerprint density at radius 1 is 1.23 bits per heavy atom. The third-order valence-electron chi connectivity index (χ3n) is 1.87. The largest absolute Gasteiger partial charge is 0.543 e. The molecule has 0 aliphatic rings. The number of hydrogen-bond donors (Lipinski definition) is 0. The van der Waals surface area contributed by atoms with Crippen LogP contribution in [0.15, 0.2) is 36.5 Å². The first-order valence-corrected chi connectivity index (χ1v) is 3.84. The van der Waals surface area contributed by atoms with Crippen LogP contribution in [0.5, 0.6) is 0 Å². The van der Waals surface area contributed by atoms with Crippen molar-refractivity contribution in [3.05, 3.63) is 42.2 Å². The second-order valence-corrected chi connectivity index (χ2v) is 2.67. The van der Waals surface area contributed by atoms with E-state index in [2.05, 4.69) is 4.98 Å². The van der Waals surface area contributed by atoms with Gasteiger partial charge in [-0.1, -0.05) is 24.3 Å². The fourth-order valence-electron chi connectivity index (χ4n) is 1.28. The lowest BCUT2D eigenvalue weighted by Gasteiger charge is -2.04. The van der Waals surface area contributed by atoms with Gasteiger partial charge in [0.15, 0.2) is 0 Å². The molecule has 0 aliphatic carbocycles. The summed E-state index contributed by atoms with van der Waals surface area (Å²) < 4.78 is 0. The van der Waals surface area contributed by atoms with Gasteiger partial charge in [0.25, 0.3) is 0 Å². The molecule has 0 radical (unpaired) electrons. The molecular weight excluding hydrogens is 166 g/mol. The molecule has 0 fully saturated rings. The maximum atomic E-state index is 10.6. The number of carbonyl (C=O) groups excluding carboxylic acids is 1. The van der Waals surface area contributed by atoms with Crippen LogP contribution in [0.25, 0.3) is 10.8 Å². The molecule has 3 nitrogen and oxygen atoms in total. The van der Waals surface area contributed by atoms with Crippen LogP contribution in [0.1, 0.15) is 10.5 Å². The lowest BCUT2D eigenvalue weighted by molar-refractivity contribution is -0.255. The van der Waals surface area contributed by atoms with E-state index >= 15 is 0 Å². The van der Waals surface area contributed by atoms with E-state index in [-0.39, 0.29) is 5.69 Å². The Labute approximate surface area is 74.7 Å². The summed E-state index contributed by atoms with van der Waals surface area (Å²) in [6, 6.07) is 8.94. The van der Waals surface area contributed by atoms with Crippen LogP contribution in [-0.2, 0) is 0 Å². The molecule has 0 atom stereocenters. The van der Waals surface area contributed by atoms with E-state index in [0.29, 0.717) is 5.39 Å². The predicted molar refractivity (Wildman–Crippen MR) is 46.1 cm³/mol. The number of rotatable bonds is 1.